The fourth-order valence-corrected chi connectivity index (χ4v) is 2.20. The molecular weight excluding hydrogens is 294 g/mol. The van der Waals surface area contributed by atoms with Gasteiger partial charge >= 0.3 is 0 Å². The molecule has 5 heteroatoms. The van der Waals surface area contributed by atoms with E-state index in [9.17, 15) is 0 Å². The van der Waals surface area contributed by atoms with Gasteiger partial charge in [0.25, 0.3) is 0 Å². The summed E-state index contributed by atoms with van der Waals surface area (Å²) in [5.41, 5.74) is 7.89. The number of nitrogen functional groups attached to an aromatic ring is 1. The molecule has 98 valence electrons. The van der Waals surface area contributed by atoms with E-state index in [0.29, 0.717) is 12.6 Å². The third-order valence-corrected chi connectivity index (χ3v) is 3.33. The molecule has 0 bridgehead atoms. The van der Waals surface area contributed by atoms with E-state index in [2.05, 4.69) is 27.8 Å². The molecule has 0 spiro atoms. The molecule has 0 atom stereocenters. The molecule has 2 N–H and O–H groups in total. The quantitative estimate of drug-likeness (QED) is 0.833. The molecule has 0 amide bonds. The van der Waals surface area contributed by atoms with Crippen LogP contribution in [0.1, 0.15) is 19.8 Å². The maximum Gasteiger partial charge on any atom is 0.201 e. The third kappa shape index (κ3) is 3.03. The van der Waals surface area contributed by atoms with Crippen molar-refractivity contribution in [1.29, 1.82) is 0 Å². The molecule has 18 heavy (non-hydrogen) atoms. The molecule has 2 aromatic rings. The van der Waals surface area contributed by atoms with Crippen LogP contribution in [0.4, 0.5) is 5.95 Å². The number of rotatable bonds is 6. The highest BCUT2D eigenvalue weighted by atomic mass is 79.9. The van der Waals surface area contributed by atoms with Crippen LogP contribution in [0.15, 0.2) is 22.7 Å². The van der Waals surface area contributed by atoms with E-state index in [1.165, 1.54) is 0 Å². The van der Waals surface area contributed by atoms with Crippen LogP contribution < -0.4 is 5.73 Å². The van der Waals surface area contributed by atoms with Crippen LogP contribution in [0.3, 0.4) is 0 Å². The minimum Gasteiger partial charge on any atom is -0.380 e. The molecule has 1 aromatic heterocycles. The molecule has 0 aliphatic rings. The minimum absolute atomic E-state index is 0.544. The predicted octanol–water partition coefficient (Wildman–Crippen LogP) is 3.20. The number of nitrogens with zero attached hydrogens (tertiary/aromatic N) is 2. The maximum atomic E-state index is 5.93. The van der Waals surface area contributed by atoms with Crippen molar-refractivity contribution in [3.63, 3.8) is 0 Å². The van der Waals surface area contributed by atoms with Crippen molar-refractivity contribution in [2.45, 2.75) is 26.3 Å². The lowest BCUT2D eigenvalue weighted by Crippen LogP contribution is -2.09. The first-order valence-electron chi connectivity index (χ1n) is 6.21. The Labute approximate surface area is 115 Å². The first kappa shape index (κ1) is 13.4. The van der Waals surface area contributed by atoms with E-state index >= 15 is 0 Å². The molecule has 1 heterocycles. The number of nitrogens with two attached hydrogens (primary N) is 1. The fraction of sp³-hybridized carbons (Fsp3) is 0.462. The molecule has 0 aliphatic heterocycles. The van der Waals surface area contributed by atoms with Crippen molar-refractivity contribution in [3.05, 3.63) is 22.7 Å². The lowest BCUT2D eigenvalue weighted by atomic mass is 10.3. The SMILES string of the molecule is CCCCOCCn1c(N)nc2ccc(Br)cc21. The third-order valence-electron chi connectivity index (χ3n) is 2.84. The summed E-state index contributed by atoms with van der Waals surface area (Å²) in [7, 11) is 0. The number of imidazole rings is 1. The zero-order chi connectivity index (χ0) is 13.0. The standard InChI is InChI=1S/C13H18BrN3O/c1-2-3-7-18-8-6-17-12-9-10(14)4-5-11(12)16-13(17)15/h4-5,9H,2-3,6-8H2,1H3,(H2,15,16). The number of hydrogen-bond acceptors (Lipinski definition) is 3. The number of anilines is 1. The van der Waals surface area contributed by atoms with E-state index < -0.39 is 0 Å². The maximum absolute atomic E-state index is 5.93. The first-order valence-corrected chi connectivity index (χ1v) is 7.00. The highest BCUT2D eigenvalue weighted by molar-refractivity contribution is 9.10. The second-order valence-electron chi connectivity index (χ2n) is 4.22. The van der Waals surface area contributed by atoms with Crippen LogP contribution in [0.2, 0.25) is 0 Å². The largest absolute Gasteiger partial charge is 0.380 e. The van der Waals surface area contributed by atoms with Gasteiger partial charge in [0, 0.05) is 17.6 Å². The average Bonchev–Trinajstić information content (AvgIpc) is 2.65. The van der Waals surface area contributed by atoms with Gasteiger partial charge in [-0.05, 0) is 24.6 Å². The highest BCUT2D eigenvalue weighted by Gasteiger charge is 2.07. The zero-order valence-corrected chi connectivity index (χ0v) is 12.1. The van der Waals surface area contributed by atoms with E-state index in [-0.39, 0.29) is 0 Å². The molecule has 0 fully saturated rings. The van der Waals surface area contributed by atoms with Gasteiger partial charge in [-0.1, -0.05) is 29.3 Å². The Morgan fingerprint density at radius 2 is 2.22 bits per heavy atom. The van der Waals surface area contributed by atoms with E-state index in [4.69, 9.17) is 10.5 Å². The van der Waals surface area contributed by atoms with Gasteiger partial charge in [-0.3, -0.25) is 0 Å². The van der Waals surface area contributed by atoms with Crippen molar-refractivity contribution >= 4 is 32.9 Å². The van der Waals surface area contributed by atoms with Gasteiger partial charge in [0.15, 0.2) is 0 Å². The number of ether oxygens (including phenoxy) is 1. The van der Waals surface area contributed by atoms with Crippen molar-refractivity contribution < 1.29 is 4.74 Å². The topological polar surface area (TPSA) is 53.1 Å². The Kier molecular flexibility index (Phi) is 4.60. The Hall–Kier alpha value is -1.07. The van der Waals surface area contributed by atoms with Gasteiger partial charge in [-0.15, -0.1) is 0 Å². The second-order valence-corrected chi connectivity index (χ2v) is 5.14. The lowest BCUT2D eigenvalue weighted by molar-refractivity contribution is 0.124. The van der Waals surface area contributed by atoms with E-state index in [0.717, 1.165) is 41.5 Å². The van der Waals surface area contributed by atoms with Crippen molar-refractivity contribution in [1.82, 2.24) is 9.55 Å². The van der Waals surface area contributed by atoms with Gasteiger partial charge in [0.1, 0.15) is 0 Å². The van der Waals surface area contributed by atoms with Gasteiger partial charge in [0.2, 0.25) is 5.95 Å². The summed E-state index contributed by atoms with van der Waals surface area (Å²) in [6.45, 7) is 4.37. The Bertz CT molecular complexity index is 524. The van der Waals surface area contributed by atoms with E-state index in [1.54, 1.807) is 0 Å². The summed E-state index contributed by atoms with van der Waals surface area (Å²) in [4.78, 5) is 4.33. The van der Waals surface area contributed by atoms with Crippen LogP contribution in [0, 0.1) is 0 Å². The molecule has 0 aliphatic carbocycles. The van der Waals surface area contributed by atoms with Gasteiger partial charge in [0.05, 0.1) is 17.6 Å². The molecule has 0 saturated carbocycles. The van der Waals surface area contributed by atoms with Gasteiger partial charge < -0.3 is 15.0 Å². The monoisotopic (exact) mass is 311 g/mol. The number of benzene rings is 1. The zero-order valence-electron chi connectivity index (χ0n) is 10.5. The fourth-order valence-electron chi connectivity index (χ4n) is 1.85. The molecule has 2 rings (SSSR count). The molecule has 0 saturated heterocycles. The highest BCUT2D eigenvalue weighted by Crippen LogP contribution is 2.21. The van der Waals surface area contributed by atoms with E-state index in [1.807, 2.05) is 22.8 Å². The number of hydrogen-bond donors (Lipinski definition) is 1. The molecule has 0 radical (unpaired) electrons. The summed E-state index contributed by atoms with van der Waals surface area (Å²) in [6.07, 6.45) is 2.26. The molecule has 0 unspecified atom stereocenters. The lowest BCUT2D eigenvalue weighted by Gasteiger charge is -2.07. The number of aromatic nitrogens is 2. The normalized spacial score (nSPS) is 11.2. The first-order chi connectivity index (χ1) is 8.72. The number of halogens is 1. The summed E-state index contributed by atoms with van der Waals surface area (Å²) < 4.78 is 8.59. The van der Waals surface area contributed by atoms with Crippen molar-refractivity contribution in [2.24, 2.45) is 0 Å². The van der Waals surface area contributed by atoms with Crippen LogP contribution in [-0.2, 0) is 11.3 Å². The number of fused-ring (bicyclic) bond motifs is 1. The molecule has 4 nitrogen and oxygen atoms in total. The van der Waals surface area contributed by atoms with Crippen LogP contribution in [0.5, 0.6) is 0 Å². The predicted molar refractivity (Wildman–Crippen MR) is 77.6 cm³/mol. The summed E-state index contributed by atoms with van der Waals surface area (Å²) in [5, 5.41) is 0. The molecule has 1 aromatic carbocycles. The van der Waals surface area contributed by atoms with Crippen LogP contribution in [0.25, 0.3) is 11.0 Å². The van der Waals surface area contributed by atoms with Gasteiger partial charge in [-0.2, -0.15) is 0 Å². The van der Waals surface area contributed by atoms with Gasteiger partial charge in [-0.25, -0.2) is 4.98 Å². The summed E-state index contributed by atoms with van der Waals surface area (Å²) >= 11 is 3.47. The Morgan fingerprint density at radius 3 is 3.00 bits per heavy atom. The summed E-state index contributed by atoms with van der Waals surface area (Å²) in [5.74, 6) is 0.544. The van der Waals surface area contributed by atoms with Crippen LogP contribution >= 0.6 is 15.9 Å². The van der Waals surface area contributed by atoms with Crippen molar-refractivity contribution in [3.8, 4) is 0 Å². The Balaban J connectivity index is 2.07. The summed E-state index contributed by atoms with van der Waals surface area (Å²) in [6, 6.07) is 5.96. The minimum atomic E-state index is 0.544. The molecular formula is C13H18BrN3O. The second kappa shape index (κ2) is 6.20. The van der Waals surface area contributed by atoms with Crippen molar-refractivity contribution in [2.75, 3.05) is 18.9 Å². The van der Waals surface area contributed by atoms with Crippen LogP contribution in [-0.4, -0.2) is 22.8 Å². The Morgan fingerprint density at radius 1 is 1.39 bits per heavy atom. The average molecular weight is 312 g/mol. The number of unbranched alkanes of at least 4 members (excludes halogenated alkanes) is 1. The smallest absolute Gasteiger partial charge is 0.201 e.